The Balaban J connectivity index is 3.04. The number of phenolic OH excluding ortho intramolecular Hbond substituents is 1. The first-order valence-electron chi connectivity index (χ1n) is 2.95. The molecule has 0 bridgehead atoms. The smallest absolute Gasteiger partial charge is 0.172 e. The minimum atomic E-state index is -1.86. The molecule has 0 amide bonds. The second-order valence-electron chi connectivity index (χ2n) is 1.96. The predicted octanol–water partition coefficient (Wildman–Crippen LogP) is 1.45. The van der Waals surface area contributed by atoms with Crippen LogP contribution < -0.4 is 4.89 Å². The van der Waals surface area contributed by atoms with Gasteiger partial charge in [-0.1, -0.05) is 12.1 Å². The number of hydrogen-bond donors (Lipinski definition) is 1. The third-order valence-corrected chi connectivity index (χ3v) is 1.95. The van der Waals surface area contributed by atoms with Crippen molar-refractivity contribution >= 4 is 24.2 Å². The summed E-state index contributed by atoms with van der Waals surface area (Å²) in [7, 11) is -1.86. The minimum Gasteiger partial charge on any atom is -0.615 e. The Morgan fingerprint density at radius 3 is 2.64 bits per heavy atom. The normalized spacial score (nSPS) is 11.6. The largest absolute Gasteiger partial charge is 0.615 e. The first-order valence-corrected chi connectivity index (χ1v) is 5.18. The number of rotatable bonds is 1. The summed E-state index contributed by atoms with van der Waals surface area (Å²) in [5.74, 6) is 1.41. The quantitative estimate of drug-likeness (QED) is 0.678. The summed E-state index contributed by atoms with van der Waals surface area (Å²) < 4.78 is 0. The van der Waals surface area contributed by atoms with Gasteiger partial charge in [0.1, 0.15) is 11.5 Å². The molecule has 0 radical (unpaired) electrons. The Bertz CT molecular complexity index is 282. The molecule has 0 aromatic heterocycles. The van der Waals surface area contributed by atoms with Crippen LogP contribution in [0.3, 0.4) is 0 Å². The first kappa shape index (κ1) is 8.54. The summed E-state index contributed by atoms with van der Waals surface area (Å²) in [5, 5.41) is 9.14. The number of aromatic hydroxyl groups is 1. The van der Waals surface area contributed by atoms with E-state index in [1.165, 1.54) is 11.9 Å². The minimum absolute atomic E-state index is 0.0940. The van der Waals surface area contributed by atoms with E-state index in [0.717, 1.165) is 0 Å². The third-order valence-electron chi connectivity index (χ3n) is 1.18. The van der Waals surface area contributed by atoms with Gasteiger partial charge in [-0.3, -0.25) is 0 Å². The van der Waals surface area contributed by atoms with E-state index in [4.69, 9.17) is 16.3 Å². The highest BCUT2D eigenvalue weighted by Gasteiger charge is 1.98. The Morgan fingerprint density at radius 2 is 2.09 bits per heavy atom. The Morgan fingerprint density at radius 1 is 1.45 bits per heavy atom. The molecule has 0 aliphatic heterocycles. The summed E-state index contributed by atoms with van der Waals surface area (Å²) in [5.41, 5.74) is 0.503. The van der Waals surface area contributed by atoms with Crippen LogP contribution in [0, 0.1) is 0 Å². The van der Waals surface area contributed by atoms with Crippen molar-refractivity contribution in [1.29, 1.82) is 0 Å². The molecule has 0 fully saturated rings. The van der Waals surface area contributed by atoms with Crippen molar-refractivity contribution in [2.24, 2.45) is 0 Å². The lowest BCUT2D eigenvalue weighted by Gasteiger charge is -1.93. The van der Waals surface area contributed by atoms with Crippen LogP contribution in [0.5, 0.6) is 5.75 Å². The molecule has 0 saturated carbocycles. The molecule has 1 aromatic carbocycles. The van der Waals surface area contributed by atoms with Crippen molar-refractivity contribution in [2.75, 3.05) is 0 Å². The molecular formula is C7H6ClO2P. The van der Waals surface area contributed by atoms with Crippen molar-refractivity contribution in [3.05, 3.63) is 29.8 Å². The van der Waals surface area contributed by atoms with Gasteiger partial charge < -0.3 is 10.00 Å². The molecule has 1 aromatic rings. The van der Waals surface area contributed by atoms with E-state index < -0.39 is 7.12 Å². The van der Waals surface area contributed by atoms with Crippen LogP contribution in [-0.4, -0.2) is 10.9 Å². The summed E-state index contributed by atoms with van der Waals surface area (Å²) in [4.78, 5) is 10.5. The number of halogens is 1. The zero-order valence-electron chi connectivity index (χ0n) is 5.57. The van der Waals surface area contributed by atoms with Gasteiger partial charge in [-0.15, -0.1) is 0 Å². The topological polar surface area (TPSA) is 43.3 Å². The van der Waals surface area contributed by atoms with Crippen molar-refractivity contribution in [2.45, 2.75) is 0 Å². The highest BCUT2D eigenvalue weighted by molar-refractivity contribution is 7.77. The summed E-state index contributed by atoms with van der Waals surface area (Å²) in [6.07, 6.45) is 0. The zero-order chi connectivity index (χ0) is 8.27. The molecule has 0 aliphatic carbocycles. The maximum absolute atomic E-state index is 10.5. The Labute approximate surface area is 70.3 Å². The van der Waals surface area contributed by atoms with E-state index in [1.54, 1.807) is 18.2 Å². The molecule has 0 saturated heterocycles. The van der Waals surface area contributed by atoms with Crippen molar-refractivity contribution in [3.8, 4) is 5.75 Å². The van der Waals surface area contributed by atoms with Crippen molar-refractivity contribution in [1.82, 2.24) is 0 Å². The molecule has 0 spiro atoms. The van der Waals surface area contributed by atoms with Gasteiger partial charge in [0.2, 0.25) is 0 Å². The van der Waals surface area contributed by atoms with Crippen LogP contribution in [-0.2, 0) is 0 Å². The zero-order valence-corrected chi connectivity index (χ0v) is 7.22. The average Bonchev–Trinajstić information content (AvgIpc) is 1.93. The average molecular weight is 189 g/mol. The fraction of sp³-hybridized carbons (Fsp3) is 0. The highest BCUT2D eigenvalue weighted by Crippen LogP contribution is 2.21. The lowest BCUT2D eigenvalue weighted by molar-refractivity contribution is -0.147. The third kappa shape index (κ3) is 2.51. The van der Waals surface area contributed by atoms with E-state index >= 15 is 0 Å². The van der Waals surface area contributed by atoms with E-state index in [-0.39, 0.29) is 5.75 Å². The lowest BCUT2D eigenvalue weighted by Crippen LogP contribution is -1.85. The van der Waals surface area contributed by atoms with Crippen LogP contribution in [0.15, 0.2) is 24.3 Å². The second-order valence-corrected chi connectivity index (χ2v) is 3.76. The summed E-state index contributed by atoms with van der Waals surface area (Å²) >= 11 is 5.23. The number of para-hydroxylation sites is 1. The second kappa shape index (κ2) is 3.72. The molecule has 1 rings (SSSR count). The Kier molecular flexibility index (Phi) is 2.89. The van der Waals surface area contributed by atoms with Gasteiger partial charge in [0, 0.05) is 0 Å². The van der Waals surface area contributed by atoms with Crippen LogP contribution in [0.1, 0.15) is 5.56 Å². The van der Waals surface area contributed by atoms with E-state index in [0.29, 0.717) is 5.56 Å². The van der Waals surface area contributed by atoms with Gasteiger partial charge in [0.15, 0.2) is 18.4 Å². The van der Waals surface area contributed by atoms with Gasteiger partial charge >= 0.3 is 0 Å². The molecule has 0 aliphatic rings. The molecule has 1 unspecified atom stereocenters. The molecule has 58 valence electrons. The maximum Gasteiger partial charge on any atom is 0.172 e. The monoisotopic (exact) mass is 188 g/mol. The van der Waals surface area contributed by atoms with Gasteiger partial charge in [-0.25, -0.2) is 0 Å². The van der Waals surface area contributed by atoms with Gasteiger partial charge in [-0.2, -0.15) is 0 Å². The van der Waals surface area contributed by atoms with E-state index in [2.05, 4.69) is 0 Å². The standard InChI is InChI=1S/C7H6ClO2P/c8-11(10)5-6-3-1-2-4-7(6)9/h1-5,9H. The fourth-order valence-corrected chi connectivity index (χ4v) is 1.46. The van der Waals surface area contributed by atoms with Crippen LogP contribution in [0.2, 0.25) is 0 Å². The summed E-state index contributed by atoms with van der Waals surface area (Å²) in [6.45, 7) is 0. The molecular weight excluding hydrogens is 183 g/mol. The van der Waals surface area contributed by atoms with Crippen LogP contribution in [0.25, 0.3) is 0 Å². The fourth-order valence-electron chi connectivity index (χ4n) is 0.706. The van der Waals surface area contributed by atoms with Gasteiger partial charge in [-0.05, 0) is 12.1 Å². The maximum atomic E-state index is 10.5. The molecule has 2 nitrogen and oxygen atoms in total. The van der Waals surface area contributed by atoms with Crippen molar-refractivity contribution < 1.29 is 10.00 Å². The van der Waals surface area contributed by atoms with E-state index in [1.807, 2.05) is 0 Å². The molecule has 1 N–H and O–H groups in total. The number of phenols is 1. The van der Waals surface area contributed by atoms with Crippen molar-refractivity contribution in [3.63, 3.8) is 0 Å². The van der Waals surface area contributed by atoms with Gasteiger partial charge in [0.05, 0.1) is 5.56 Å². The Hall–Kier alpha value is -0.560. The lowest BCUT2D eigenvalue weighted by atomic mass is 10.2. The van der Waals surface area contributed by atoms with Gasteiger partial charge in [0.25, 0.3) is 0 Å². The van der Waals surface area contributed by atoms with Crippen LogP contribution in [0.4, 0.5) is 0 Å². The van der Waals surface area contributed by atoms with Crippen LogP contribution >= 0.6 is 18.4 Å². The van der Waals surface area contributed by atoms with E-state index in [9.17, 15) is 4.89 Å². The summed E-state index contributed by atoms with van der Waals surface area (Å²) in [6, 6.07) is 6.59. The highest BCUT2D eigenvalue weighted by atomic mass is 35.7. The number of hydrogen-bond acceptors (Lipinski definition) is 2. The predicted molar refractivity (Wildman–Crippen MR) is 46.0 cm³/mol. The molecule has 1 atom stereocenters. The molecule has 0 heterocycles. The number of benzene rings is 1. The molecule has 4 heteroatoms. The SMILES string of the molecule is [O-][P+](Cl)=Cc1ccccc1O. The first-order chi connectivity index (χ1) is 5.20. The molecule has 11 heavy (non-hydrogen) atoms.